The molecular weight excluding hydrogens is 212 g/mol. The SMILES string of the molecule is CCC[Te+](C)CCC. The van der Waals surface area contributed by atoms with E-state index in [2.05, 4.69) is 18.8 Å². The minimum absolute atomic E-state index is 0.463. The van der Waals surface area contributed by atoms with Crippen molar-refractivity contribution in [1.29, 1.82) is 0 Å². The zero-order chi connectivity index (χ0) is 6.41. The first kappa shape index (κ1) is 8.79. The maximum absolute atomic E-state index is 2.51. The van der Waals surface area contributed by atoms with E-state index in [0.717, 1.165) is 0 Å². The van der Waals surface area contributed by atoms with E-state index in [4.69, 9.17) is 0 Å². The third-order valence-electron chi connectivity index (χ3n) is 1.11. The van der Waals surface area contributed by atoms with Crippen LogP contribution in [0.3, 0.4) is 0 Å². The van der Waals surface area contributed by atoms with Gasteiger partial charge in [-0.15, -0.1) is 0 Å². The molecule has 0 bridgehead atoms. The summed E-state index contributed by atoms with van der Waals surface area (Å²) in [6, 6.07) is 0. The average molecular weight is 229 g/mol. The van der Waals surface area contributed by atoms with E-state index in [9.17, 15) is 0 Å². The molecule has 0 fully saturated rings. The van der Waals surface area contributed by atoms with Crippen molar-refractivity contribution in [3.63, 3.8) is 0 Å². The fourth-order valence-electron chi connectivity index (χ4n) is 0.799. The van der Waals surface area contributed by atoms with Crippen molar-refractivity contribution in [3.05, 3.63) is 0 Å². The molecule has 0 N–H and O–H groups in total. The Labute approximate surface area is 60.3 Å². The molecule has 50 valence electrons. The Bertz CT molecular complexity index is 37.7. The first-order chi connectivity index (χ1) is 3.81. The van der Waals surface area contributed by atoms with Crippen LogP contribution in [0.1, 0.15) is 26.7 Å². The third-order valence-corrected chi connectivity index (χ3v) is 7.41. The maximum atomic E-state index is 2.51. The van der Waals surface area contributed by atoms with Gasteiger partial charge in [0.25, 0.3) is 0 Å². The second-order valence-electron chi connectivity index (χ2n) is 2.19. The summed E-state index contributed by atoms with van der Waals surface area (Å²) in [5.74, 6) is 0. The summed E-state index contributed by atoms with van der Waals surface area (Å²) in [6.07, 6.45) is 2.85. The summed E-state index contributed by atoms with van der Waals surface area (Å²) >= 11 is -0.463. The van der Waals surface area contributed by atoms with Gasteiger partial charge in [-0.2, -0.15) is 0 Å². The van der Waals surface area contributed by atoms with Gasteiger partial charge in [0.05, 0.1) is 0 Å². The van der Waals surface area contributed by atoms with Crippen LogP contribution in [0.5, 0.6) is 0 Å². The van der Waals surface area contributed by atoms with Gasteiger partial charge in [0.2, 0.25) is 0 Å². The van der Waals surface area contributed by atoms with Gasteiger partial charge < -0.3 is 0 Å². The Morgan fingerprint density at radius 2 is 1.38 bits per heavy atom. The summed E-state index contributed by atoms with van der Waals surface area (Å²) in [5, 5.41) is 0. The Kier molecular flexibility index (Phi) is 6.50. The number of rotatable bonds is 4. The van der Waals surface area contributed by atoms with Crippen molar-refractivity contribution in [3.8, 4) is 0 Å². The van der Waals surface area contributed by atoms with Crippen LogP contribution in [-0.4, -0.2) is 19.6 Å². The van der Waals surface area contributed by atoms with Crippen LogP contribution in [0, 0.1) is 0 Å². The second-order valence-corrected chi connectivity index (χ2v) is 8.98. The molecule has 0 rings (SSSR count). The van der Waals surface area contributed by atoms with E-state index in [-0.39, 0.29) is 0 Å². The zero-order valence-corrected chi connectivity index (χ0v) is 8.57. The van der Waals surface area contributed by atoms with E-state index < -0.39 is 19.6 Å². The number of hydrogen-bond donors (Lipinski definition) is 0. The molecule has 0 saturated heterocycles. The van der Waals surface area contributed by atoms with Gasteiger partial charge in [-0.3, -0.25) is 0 Å². The van der Waals surface area contributed by atoms with Crippen molar-refractivity contribution in [2.75, 3.05) is 0 Å². The second kappa shape index (κ2) is 5.92. The Balaban J connectivity index is 2.92. The van der Waals surface area contributed by atoms with E-state index in [1.165, 1.54) is 12.8 Å². The van der Waals surface area contributed by atoms with E-state index >= 15 is 0 Å². The van der Waals surface area contributed by atoms with Crippen molar-refractivity contribution in [2.24, 2.45) is 0 Å². The summed E-state index contributed by atoms with van der Waals surface area (Å²) in [5.41, 5.74) is 0. The fraction of sp³-hybridized carbons (Fsp3) is 1.00. The molecule has 0 nitrogen and oxygen atoms in total. The topological polar surface area (TPSA) is 0 Å². The molecule has 1 heteroatoms. The molecule has 0 aromatic heterocycles. The first-order valence-corrected chi connectivity index (χ1v) is 9.03. The first-order valence-electron chi connectivity index (χ1n) is 3.40. The molecule has 0 aliphatic heterocycles. The van der Waals surface area contributed by atoms with E-state index in [1.807, 2.05) is 0 Å². The molecule has 0 saturated carbocycles. The zero-order valence-electron chi connectivity index (χ0n) is 6.24. The predicted octanol–water partition coefficient (Wildman–Crippen LogP) is 2.93. The van der Waals surface area contributed by atoms with Crippen molar-refractivity contribution >= 4 is 19.6 Å². The predicted molar refractivity (Wildman–Crippen MR) is 41.8 cm³/mol. The Morgan fingerprint density at radius 3 is 1.62 bits per heavy atom. The van der Waals surface area contributed by atoms with E-state index in [1.54, 1.807) is 8.94 Å². The van der Waals surface area contributed by atoms with Gasteiger partial charge in [0.15, 0.2) is 0 Å². The van der Waals surface area contributed by atoms with Crippen molar-refractivity contribution < 1.29 is 0 Å². The van der Waals surface area contributed by atoms with Crippen LogP contribution in [0.2, 0.25) is 13.9 Å². The summed E-state index contributed by atoms with van der Waals surface area (Å²) in [6.45, 7) is 4.60. The van der Waals surface area contributed by atoms with Crippen molar-refractivity contribution in [1.82, 2.24) is 0 Å². The standard InChI is InChI=1S/C7H17Te/c1-4-6-8(3)7-5-2/h4-7H2,1-3H3/q+1. The molecule has 0 amide bonds. The fourth-order valence-corrected chi connectivity index (χ4v) is 5.36. The molecule has 0 aliphatic rings. The molecular formula is C7H17Te+. The molecule has 0 aromatic rings. The van der Waals surface area contributed by atoms with Gasteiger partial charge >= 0.3 is 60.1 Å². The molecule has 0 atom stereocenters. The molecule has 0 heterocycles. The Morgan fingerprint density at radius 1 is 1.00 bits per heavy atom. The van der Waals surface area contributed by atoms with E-state index in [0.29, 0.717) is 0 Å². The normalized spacial score (nSPS) is 10.5. The molecule has 0 aliphatic carbocycles. The van der Waals surface area contributed by atoms with Crippen LogP contribution in [-0.2, 0) is 0 Å². The van der Waals surface area contributed by atoms with Gasteiger partial charge in [0.1, 0.15) is 0 Å². The molecule has 0 unspecified atom stereocenters. The molecule has 0 spiro atoms. The monoisotopic (exact) mass is 231 g/mol. The van der Waals surface area contributed by atoms with Crippen molar-refractivity contribution in [2.45, 2.75) is 40.6 Å². The van der Waals surface area contributed by atoms with Crippen LogP contribution in [0.25, 0.3) is 0 Å². The van der Waals surface area contributed by atoms with Crippen LogP contribution in [0.15, 0.2) is 0 Å². The summed E-state index contributed by atoms with van der Waals surface area (Å²) < 4.78 is 3.16. The van der Waals surface area contributed by atoms with Gasteiger partial charge in [0, 0.05) is 0 Å². The van der Waals surface area contributed by atoms with Crippen LogP contribution < -0.4 is 0 Å². The molecule has 0 aromatic carbocycles. The summed E-state index contributed by atoms with van der Waals surface area (Å²) in [4.78, 5) is 2.51. The van der Waals surface area contributed by atoms with Crippen LogP contribution >= 0.6 is 0 Å². The average Bonchev–Trinajstić information content (AvgIpc) is 1.68. The minimum atomic E-state index is -0.463. The van der Waals surface area contributed by atoms with Crippen LogP contribution in [0.4, 0.5) is 0 Å². The Hall–Kier alpha value is 0.790. The van der Waals surface area contributed by atoms with Gasteiger partial charge in [-0.25, -0.2) is 0 Å². The van der Waals surface area contributed by atoms with Gasteiger partial charge in [-0.05, 0) is 0 Å². The third kappa shape index (κ3) is 4.94. The van der Waals surface area contributed by atoms with Gasteiger partial charge in [-0.1, -0.05) is 0 Å². The quantitative estimate of drug-likeness (QED) is 0.650. The molecule has 0 radical (unpaired) electrons. The molecule has 8 heavy (non-hydrogen) atoms. The number of hydrogen-bond acceptors (Lipinski definition) is 0. The summed E-state index contributed by atoms with van der Waals surface area (Å²) in [7, 11) is 0.